The molecule has 3 aliphatic carbocycles. The third-order valence-corrected chi connectivity index (χ3v) is 7.30. The van der Waals surface area contributed by atoms with Gasteiger partial charge in [-0.15, -0.1) is 0 Å². The van der Waals surface area contributed by atoms with Crippen LogP contribution in [0.1, 0.15) is 49.4 Å². The van der Waals surface area contributed by atoms with Crippen molar-refractivity contribution in [2.24, 2.45) is 17.6 Å². The highest BCUT2D eigenvalue weighted by atomic mass is 19.3. The third-order valence-electron chi connectivity index (χ3n) is 7.30. The molecule has 3 fully saturated rings. The van der Waals surface area contributed by atoms with Crippen molar-refractivity contribution in [1.82, 2.24) is 14.5 Å². The van der Waals surface area contributed by atoms with Crippen molar-refractivity contribution < 1.29 is 17.9 Å². The second-order valence-electron chi connectivity index (χ2n) is 9.10. The summed E-state index contributed by atoms with van der Waals surface area (Å²) in [4.78, 5) is 29.3. The Labute approximate surface area is 170 Å². The summed E-state index contributed by atoms with van der Waals surface area (Å²) in [6, 6.07) is -2.08. The van der Waals surface area contributed by atoms with Gasteiger partial charge in [0.05, 0.1) is 19.2 Å². The summed E-state index contributed by atoms with van der Waals surface area (Å²) in [5.74, 6) is -4.95. The molecule has 0 aromatic carbocycles. The average molecular weight is 426 g/mol. The number of hydrogen-bond donors (Lipinski definition) is 2. The zero-order valence-corrected chi connectivity index (χ0v) is 16.8. The fourth-order valence-electron chi connectivity index (χ4n) is 5.81. The van der Waals surface area contributed by atoms with Crippen molar-refractivity contribution in [2.45, 2.75) is 56.2 Å². The molecule has 0 spiro atoms. The Morgan fingerprint density at radius 1 is 1.23 bits per heavy atom. The summed E-state index contributed by atoms with van der Waals surface area (Å²) in [5, 5.41) is 0. The van der Waals surface area contributed by atoms with Gasteiger partial charge >= 0.3 is 5.69 Å². The average Bonchev–Trinajstić information content (AvgIpc) is 3.38. The highest BCUT2D eigenvalue weighted by molar-refractivity contribution is 5.67. The first-order valence-electron chi connectivity index (χ1n) is 10.4. The van der Waals surface area contributed by atoms with Gasteiger partial charge < -0.3 is 10.5 Å². The lowest BCUT2D eigenvalue weighted by atomic mass is 9.85. The number of H-pyrrole nitrogens is 1. The van der Waals surface area contributed by atoms with Gasteiger partial charge in [0.25, 0.3) is 11.5 Å². The number of hydrogen-bond acceptors (Lipinski definition) is 5. The normalized spacial score (nSPS) is 35.5. The van der Waals surface area contributed by atoms with E-state index in [1.54, 1.807) is 11.5 Å². The zero-order chi connectivity index (χ0) is 21.5. The number of fused-ring (bicyclic) bond motifs is 2. The Bertz CT molecular complexity index is 1040. The standard InChI is InChI=1S/C20H25F3N4O3/c1-8-14-12(18(28)25-19(29)27(14)10-3-4-10)16(30-2)13(21)15(8)26-6-9-5-20(22,23)17(24)11(9)7-26/h8-11,15,17H,3-7,24H2,1-2H3,(H,25,28,29). The summed E-state index contributed by atoms with van der Waals surface area (Å²) >= 11 is 0. The zero-order valence-electron chi connectivity index (χ0n) is 16.8. The van der Waals surface area contributed by atoms with Crippen LogP contribution in [0.5, 0.6) is 0 Å². The molecule has 5 unspecified atom stereocenters. The van der Waals surface area contributed by atoms with Crippen molar-refractivity contribution in [1.29, 1.82) is 0 Å². The van der Waals surface area contributed by atoms with Crippen LogP contribution in [0.4, 0.5) is 13.2 Å². The monoisotopic (exact) mass is 426 g/mol. The predicted molar refractivity (Wildman–Crippen MR) is 103 cm³/mol. The highest BCUT2D eigenvalue weighted by Gasteiger charge is 2.58. The van der Waals surface area contributed by atoms with Crippen molar-refractivity contribution >= 4 is 5.76 Å². The summed E-state index contributed by atoms with van der Waals surface area (Å²) in [6.45, 7) is 2.31. The molecule has 1 aromatic rings. The smallest absolute Gasteiger partial charge is 0.328 e. The number of likely N-dealkylation sites (tertiary alicyclic amines) is 1. The number of alkyl halides is 2. The van der Waals surface area contributed by atoms with Gasteiger partial charge in [-0.05, 0) is 24.7 Å². The fraction of sp³-hybridized carbons (Fsp3) is 0.700. The molecule has 1 aliphatic heterocycles. The number of halogens is 3. The van der Waals surface area contributed by atoms with Crippen LogP contribution in [0.3, 0.4) is 0 Å². The number of methoxy groups -OCH3 is 1. The molecule has 3 N–H and O–H groups in total. The molecule has 5 rings (SSSR count). The molecule has 164 valence electrons. The van der Waals surface area contributed by atoms with Crippen LogP contribution < -0.4 is 17.0 Å². The quantitative estimate of drug-likeness (QED) is 0.765. The summed E-state index contributed by atoms with van der Waals surface area (Å²) in [5.41, 5.74) is 5.12. The summed E-state index contributed by atoms with van der Waals surface area (Å²) < 4.78 is 50.5. The van der Waals surface area contributed by atoms with Gasteiger partial charge in [0.15, 0.2) is 11.6 Å². The lowest BCUT2D eigenvalue weighted by Gasteiger charge is -2.38. The van der Waals surface area contributed by atoms with Crippen LogP contribution in [-0.2, 0) is 4.74 Å². The summed E-state index contributed by atoms with van der Waals surface area (Å²) in [7, 11) is 1.28. The maximum absolute atomic E-state index is 15.6. The van der Waals surface area contributed by atoms with Crippen LogP contribution >= 0.6 is 0 Å². The molecule has 30 heavy (non-hydrogen) atoms. The number of nitrogens with one attached hydrogen (secondary N) is 1. The van der Waals surface area contributed by atoms with E-state index in [0.717, 1.165) is 12.8 Å². The van der Waals surface area contributed by atoms with Crippen molar-refractivity contribution in [3.63, 3.8) is 0 Å². The molecule has 10 heteroatoms. The molecule has 1 saturated heterocycles. The Kier molecular flexibility index (Phi) is 4.28. The maximum atomic E-state index is 15.6. The molecule has 7 nitrogen and oxygen atoms in total. The lowest BCUT2D eigenvalue weighted by Crippen LogP contribution is -2.48. The van der Waals surface area contributed by atoms with Gasteiger partial charge in [-0.1, -0.05) is 6.92 Å². The topological polar surface area (TPSA) is 93.3 Å². The SMILES string of the molecule is COC1=C(F)C(N2CC3CC(F)(F)C(N)C3C2)C(C)c2c1c(=O)[nH]c(=O)n2C1CC1. The lowest BCUT2D eigenvalue weighted by molar-refractivity contribution is -0.0204. The molecular formula is C20H25F3N4O3. The highest BCUT2D eigenvalue weighted by Crippen LogP contribution is 2.50. The third kappa shape index (κ3) is 2.65. The van der Waals surface area contributed by atoms with E-state index < -0.39 is 46.9 Å². The fourth-order valence-corrected chi connectivity index (χ4v) is 5.81. The van der Waals surface area contributed by atoms with Gasteiger partial charge in [-0.2, -0.15) is 0 Å². The van der Waals surface area contributed by atoms with E-state index in [-0.39, 0.29) is 36.2 Å². The van der Waals surface area contributed by atoms with Gasteiger partial charge in [0, 0.05) is 37.2 Å². The molecule has 5 atom stereocenters. The molecule has 2 heterocycles. The maximum Gasteiger partial charge on any atom is 0.328 e. The van der Waals surface area contributed by atoms with E-state index in [0.29, 0.717) is 12.2 Å². The first-order valence-corrected chi connectivity index (χ1v) is 10.4. The molecule has 1 aromatic heterocycles. The minimum Gasteiger partial charge on any atom is -0.493 e. The number of aromatic amines is 1. The second-order valence-corrected chi connectivity index (χ2v) is 9.10. The van der Waals surface area contributed by atoms with Crippen LogP contribution in [0.15, 0.2) is 15.4 Å². The summed E-state index contributed by atoms with van der Waals surface area (Å²) in [6.07, 6.45) is 1.31. The minimum absolute atomic E-state index is 0.0319. The molecule has 0 amide bonds. The Morgan fingerprint density at radius 2 is 1.93 bits per heavy atom. The Morgan fingerprint density at radius 3 is 2.53 bits per heavy atom. The van der Waals surface area contributed by atoms with Gasteiger partial charge in [0.1, 0.15) is 5.56 Å². The first-order chi connectivity index (χ1) is 14.2. The van der Waals surface area contributed by atoms with Crippen LogP contribution in [0.2, 0.25) is 0 Å². The number of nitrogens with zero attached hydrogens (tertiary/aromatic N) is 2. The van der Waals surface area contributed by atoms with Crippen LogP contribution in [0.25, 0.3) is 5.76 Å². The predicted octanol–water partition coefficient (Wildman–Crippen LogP) is 1.56. The number of ether oxygens (including phenoxy) is 1. The number of nitrogens with two attached hydrogens (primary N) is 1. The number of aromatic nitrogens is 2. The molecule has 0 radical (unpaired) electrons. The van der Waals surface area contributed by atoms with E-state index in [4.69, 9.17) is 10.5 Å². The second kappa shape index (κ2) is 6.46. The Balaban J connectivity index is 1.59. The van der Waals surface area contributed by atoms with E-state index in [2.05, 4.69) is 4.98 Å². The molecule has 4 aliphatic rings. The van der Waals surface area contributed by atoms with Crippen molar-refractivity contribution in [3.8, 4) is 0 Å². The van der Waals surface area contributed by atoms with Crippen LogP contribution in [-0.4, -0.2) is 52.7 Å². The van der Waals surface area contributed by atoms with Gasteiger partial charge in [-0.25, -0.2) is 18.0 Å². The van der Waals surface area contributed by atoms with Crippen LogP contribution in [0, 0.1) is 11.8 Å². The first kappa shape index (κ1) is 19.9. The molecular weight excluding hydrogens is 401 g/mol. The Hall–Kier alpha value is -2.07. The number of rotatable bonds is 3. The molecule has 0 bridgehead atoms. The van der Waals surface area contributed by atoms with E-state index in [1.165, 1.54) is 7.11 Å². The molecule has 2 saturated carbocycles. The van der Waals surface area contributed by atoms with E-state index >= 15 is 4.39 Å². The van der Waals surface area contributed by atoms with E-state index in [9.17, 15) is 18.4 Å². The van der Waals surface area contributed by atoms with Gasteiger partial charge in [0.2, 0.25) is 0 Å². The van der Waals surface area contributed by atoms with E-state index in [1.807, 2.05) is 4.90 Å². The minimum atomic E-state index is -2.90. The van der Waals surface area contributed by atoms with Crippen molar-refractivity contribution in [2.75, 3.05) is 20.2 Å². The van der Waals surface area contributed by atoms with Gasteiger partial charge in [-0.3, -0.25) is 19.2 Å². The van der Waals surface area contributed by atoms with Crippen molar-refractivity contribution in [3.05, 3.63) is 37.9 Å². The largest absolute Gasteiger partial charge is 0.493 e.